The number of nitrogens with zero attached hydrogens (tertiary/aromatic N) is 5. The normalized spacial score (nSPS) is 18.8. The van der Waals surface area contributed by atoms with Crippen LogP contribution in [0.3, 0.4) is 0 Å². The first-order valence-electron chi connectivity index (χ1n) is 11.7. The van der Waals surface area contributed by atoms with Gasteiger partial charge in [0, 0.05) is 56.9 Å². The minimum Gasteiger partial charge on any atom is -0.378 e. The number of carbonyl (C=O) groups is 1. The van der Waals surface area contributed by atoms with Gasteiger partial charge in [-0.1, -0.05) is 0 Å². The number of nitrogens with two attached hydrogens (primary N) is 1. The number of nitrogens with one attached hydrogen (secondary N) is 1. The lowest BCUT2D eigenvalue weighted by Gasteiger charge is -2.46. The highest BCUT2D eigenvalue weighted by Gasteiger charge is 2.32. The molecule has 0 aliphatic carbocycles. The van der Waals surface area contributed by atoms with Crippen LogP contribution >= 0.6 is 0 Å². The SMILES string of the molecule is C[C@H]1CN(C2COC2)CCN1c1ccc(Nc2cc(-c3ccncc3C(N)=O)cn(C)c2=O)nc1. The molecular weight excluding hydrogens is 446 g/mol. The van der Waals surface area contributed by atoms with Gasteiger partial charge in [0.1, 0.15) is 11.5 Å². The molecular formula is C25H29N7O3. The first-order chi connectivity index (χ1) is 16.9. The number of anilines is 3. The number of amides is 1. The summed E-state index contributed by atoms with van der Waals surface area (Å²) >= 11 is 0. The van der Waals surface area contributed by atoms with E-state index >= 15 is 0 Å². The Balaban J connectivity index is 1.34. The predicted octanol–water partition coefficient (Wildman–Crippen LogP) is 1.59. The van der Waals surface area contributed by atoms with Crippen LogP contribution in [0.2, 0.25) is 0 Å². The van der Waals surface area contributed by atoms with Crippen molar-refractivity contribution in [2.45, 2.75) is 19.0 Å². The third-order valence-corrected chi connectivity index (χ3v) is 6.72. The number of hydrogen-bond donors (Lipinski definition) is 2. The molecule has 0 aromatic carbocycles. The van der Waals surface area contributed by atoms with Gasteiger partial charge in [-0.25, -0.2) is 4.98 Å². The molecule has 0 bridgehead atoms. The number of hydrogen-bond acceptors (Lipinski definition) is 8. The number of ether oxygens (including phenoxy) is 1. The van der Waals surface area contributed by atoms with Crippen molar-refractivity contribution in [3.63, 3.8) is 0 Å². The van der Waals surface area contributed by atoms with Crippen LogP contribution in [0, 0.1) is 0 Å². The highest BCUT2D eigenvalue weighted by Crippen LogP contribution is 2.26. The Kier molecular flexibility index (Phi) is 6.23. The number of aryl methyl sites for hydroxylation is 1. The minimum atomic E-state index is -0.579. The van der Waals surface area contributed by atoms with Gasteiger partial charge in [0.15, 0.2) is 0 Å². The second-order valence-electron chi connectivity index (χ2n) is 9.10. The Morgan fingerprint density at radius 1 is 1.20 bits per heavy atom. The van der Waals surface area contributed by atoms with E-state index in [1.54, 1.807) is 31.6 Å². The molecule has 3 N–H and O–H groups in total. The van der Waals surface area contributed by atoms with Crippen LogP contribution in [0.5, 0.6) is 0 Å². The number of carbonyl (C=O) groups excluding carboxylic acids is 1. The van der Waals surface area contributed by atoms with Crippen molar-refractivity contribution in [3.8, 4) is 11.1 Å². The first-order valence-corrected chi connectivity index (χ1v) is 11.7. The highest BCUT2D eigenvalue weighted by molar-refractivity contribution is 5.99. The summed E-state index contributed by atoms with van der Waals surface area (Å²) in [6, 6.07) is 8.22. The smallest absolute Gasteiger partial charge is 0.274 e. The second-order valence-corrected chi connectivity index (χ2v) is 9.10. The van der Waals surface area contributed by atoms with Gasteiger partial charge in [-0.3, -0.25) is 19.5 Å². The van der Waals surface area contributed by atoms with E-state index in [4.69, 9.17) is 10.5 Å². The van der Waals surface area contributed by atoms with Crippen molar-refractivity contribution >= 4 is 23.1 Å². The van der Waals surface area contributed by atoms with Gasteiger partial charge in [-0.05, 0) is 36.8 Å². The number of piperazine rings is 1. The first kappa shape index (κ1) is 23.0. The van der Waals surface area contributed by atoms with Crippen molar-refractivity contribution in [2.75, 3.05) is 43.1 Å². The fourth-order valence-corrected chi connectivity index (χ4v) is 4.69. The molecule has 3 aromatic rings. The molecule has 2 saturated heterocycles. The summed E-state index contributed by atoms with van der Waals surface area (Å²) < 4.78 is 6.81. The molecule has 2 aliphatic rings. The zero-order valence-electron chi connectivity index (χ0n) is 19.8. The molecule has 10 heteroatoms. The molecule has 3 aromatic heterocycles. The van der Waals surface area contributed by atoms with E-state index < -0.39 is 5.91 Å². The van der Waals surface area contributed by atoms with Gasteiger partial charge in [0.05, 0.1) is 36.7 Å². The summed E-state index contributed by atoms with van der Waals surface area (Å²) in [7, 11) is 1.66. The Morgan fingerprint density at radius 2 is 2.03 bits per heavy atom. The molecule has 0 radical (unpaired) electrons. The number of pyridine rings is 3. The molecule has 0 spiro atoms. The lowest BCUT2D eigenvalue weighted by Crippen LogP contribution is -2.59. The zero-order chi connectivity index (χ0) is 24.5. The molecule has 5 heterocycles. The van der Waals surface area contributed by atoms with E-state index in [-0.39, 0.29) is 5.56 Å². The van der Waals surface area contributed by atoms with Gasteiger partial charge in [-0.15, -0.1) is 0 Å². The van der Waals surface area contributed by atoms with Gasteiger partial charge in [-0.2, -0.15) is 0 Å². The molecule has 1 atom stereocenters. The summed E-state index contributed by atoms with van der Waals surface area (Å²) in [5.74, 6) is -0.0180. The lowest BCUT2D eigenvalue weighted by atomic mass is 10.0. The quantitative estimate of drug-likeness (QED) is 0.552. The molecule has 1 amide bonds. The van der Waals surface area contributed by atoms with Gasteiger partial charge >= 0.3 is 0 Å². The van der Waals surface area contributed by atoms with E-state index in [2.05, 4.69) is 32.0 Å². The molecule has 0 saturated carbocycles. The maximum Gasteiger partial charge on any atom is 0.274 e. The van der Waals surface area contributed by atoms with Crippen molar-refractivity contribution in [2.24, 2.45) is 12.8 Å². The van der Waals surface area contributed by atoms with Gasteiger partial charge in [0.2, 0.25) is 0 Å². The van der Waals surface area contributed by atoms with Crippen molar-refractivity contribution in [1.29, 1.82) is 0 Å². The van der Waals surface area contributed by atoms with E-state index in [1.807, 2.05) is 18.3 Å². The van der Waals surface area contributed by atoms with E-state index in [1.165, 1.54) is 10.8 Å². The Bertz CT molecular complexity index is 1290. The van der Waals surface area contributed by atoms with Crippen LogP contribution in [-0.2, 0) is 11.8 Å². The van der Waals surface area contributed by atoms with Crippen LogP contribution in [-0.4, -0.2) is 70.3 Å². The Hall–Kier alpha value is -3.76. The summed E-state index contributed by atoms with van der Waals surface area (Å²) in [5, 5.41) is 3.13. The summed E-state index contributed by atoms with van der Waals surface area (Å²) in [4.78, 5) is 38.1. The molecule has 2 aliphatic heterocycles. The minimum absolute atomic E-state index is 0.209. The van der Waals surface area contributed by atoms with Crippen LogP contribution < -0.4 is 21.5 Å². The predicted molar refractivity (Wildman–Crippen MR) is 134 cm³/mol. The van der Waals surface area contributed by atoms with E-state index in [0.717, 1.165) is 38.5 Å². The molecule has 35 heavy (non-hydrogen) atoms. The maximum atomic E-state index is 12.8. The maximum absolute atomic E-state index is 12.8. The summed E-state index contributed by atoms with van der Waals surface area (Å²) in [6.45, 7) is 6.83. The van der Waals surface area contributed by atoms with Crippen LogP contribution in [0.4, 0.5) is 17.2 Å². The van der Waals surface area contributed by atoms with Crippen molar-refractivity contribution in [1.82, 2.24) is 19.4 Å². The Labute approximate surface area is 203 Å². The van der Waals surface area contributed by atoms with Crippen molar-refractivity contribution in [3.05, 3.63) is 65.0 Å². The average Bonchev–Trinajstić information content (AvgIpc) is 2.81. The van der Waals surface area contributed by atoms with Crippen LogP contribution in [0.1, 0.15) is 17.3 Å². The molecule has 10 nitrogen and oxygen atoms in total. The topological polar surface area (TPSA) is 119 Å². The molecule has 5 rings (SSSR count). The number of aromatic nitrogens is 3. The van der Waals surface area contributed by atoms with Crippen LogP contribution in [0.25, 0.3) is 11.1 Å². The monoisotopic (exact) mass is 475 g/mol. The van der Waals surface area contributed by atoms with Gasteiger partial charge in [0.25, 0.3) is 11.5 Å². The van der Waals surface area contributed by atoms with Gasteiger partial charge < -0.3 is 25.3 Å². The Morgan fingerprint density at radius 3 is 2.69 bits per heavy atom. The fraction of sp³-hybridized carbons (Fsp3) is 0.360. The van der Waals surface area contributed by atoms with E-state index in [0.29, 0.717) is 40.3 Å². The number of primary amides is 1. The van der Waals surface area contributed by atoms with E-state index in [9.17, 15) is 9.59 Å². The third kappa shape index (κ3) is 4.62. The molecule has 182 valence electrons. The van der Waals surface area contributed by atoms with Crippen LogP contribution in [0.15, 0.2) is 53.8 Å². The zero-order valence-corrected chi connectivity index (χ0v) is 19.8. The third-order valence-electron chi connectivity index (χ3n) is 6.72. The summed E-state index contributed by atoms with van der Waals surface area (Å²) in [6.07, 6.45) is 6.52. The second kappa shape index (κ2) is 9.47. The lowest BCUT2D eigenvalue weighted by molar-refractivity contribution is -0.0691. The molecule has 2 fully saturated rings. The van der Waals surface area contributed by atoms with Crippen molar-refractivity contribution < 1.29 is 9.53 Å². The summed E-state index contributed by atoms with van der Waals surface area (Å²) in [5.41, 5.74) is 8.28. The molecule has 0 unspecified atom stereocenters. The number of rotatable bonds is 6. The largest absolute Gasteiger partial charge is 0.378 e. The average molecular weight is 476 g/mol. The standard InChI is InChI=1S/C25H29N7O3/c1-16-12-31(19-14-35-15-19)7-8-32(16)18-3-4-23(28-10-18)29-22-9-17(13-30(2)25(22)34)20-5-6-27-11-21(20)24(26)33/h3-6,9-11,13,16,19H,7-8,12,14-15H2,1-2H3,(H2,26,33)(H,28,29)/t16-/m0/s1. The fourth-order valence-electron chi connectivity index (χ4n) is 4.69. The highest BCUT2D eigenvalue weighted by atomic mass is 16.5.